The van der Waals surface area contributed by atoms with Crippen LogP contribution in [0.15, 0.2) is 42.5 Å². The summed E-state index contributed by atoms with van der Waals surface area (Å²) in [4.78, 5) is 15.1. The van der Waals surface area contributed by atoms with Crippen molar-refractivity contribution in [2.45, 2.75) is 39.5 Å². The van der Waals surface area contributed by atoms with Gasteiger partial charge in [0, 0.05) is 0 Å². The molecule has 0 aliphatic heterocycles. The average Bonchev–Trinajstić information content (AvgIpc) is 2.58. The number of nitrogens with zero attached hydrogens (tertiary/aromatic N) is 1. The SMILES string of the molecule is CCN(CC)CCC(C(N)=O)(c1cccc2ccccc12)C(C)C. The average molecular weight is 326 g/mol. The summed E-state index contributed by atoms with van der Waals surface area (Å²) in [5.74, 6) is -0.0858. The molecule has 2 rings (SSSR count). The molecule has 0 saturated carbocycles. The zero-order valence-electron chi connectivity index (χ0n) is 15.4. The molecule has 2 aromatic carbocycles. The first-order valence-electron chi connectivity index (χ1n) is 8.97. The summed E-state index contributed by atoms with van der Waals surface area (Å²) < 4.78 is 0. The number of benzene rings is 2. The minimum absolute atomic E-state index is 0.136. The largest absolute Gasteiger partial charge is 0.369 e. The van der Waals surface area contributed by atoms with Crippen LogP contribution in [-0.2, 0) is 10.2 Å². The van der Waals surface area contributed by atoms with Gasteiger partial charge in [0.15, 0.2) is 0 Å². The smallest absolute Gasteiger partial charge is 0.228 e. The number of hydrogen-bond donors (Lipinski definition) is 1. The summed E-state index contributed by atoms with van der Waals surface area (Å²) in [7, 11) is 0. The third kappa shape index (κ3) is 3.32. The van der Waals surface area contributed by atoms with Crippen molar-refractivity contribution in [2.24, 2.45) is 11.7 Å². The van der Waals surface area contributed by atoms with Crippen LogP contribution in [0.3, 0.4) is 0 Å². The second-order valence-electron chi connectivity index (χ2n) is 6.79. The Labute approximate surface area is 145 Å². The minimum atomic E-state index is -0.649. The molecule has 2 aromatic rings. The molecule has 130 valence electrons. The molecular formula is C21H30N2O. The van der Waals surface area contributed by atoms with Crippen molar-refractivity contribution in [3.8, 4) is 0 Å². The quantitative estimate of drug-likeness (QED) is 0.798. The Morgan fingerprint density at radius 2 is 1.71 bits per heavy atom. The number of primary amides is 1. The van der Waals surface area contributed by atoms with E-state index in [0.717, 1.165) is 42.4 Å². The summed E-state index contributed by atoms with van der Waals surface area (Å²) in [6, 6.07) is 14.5. The molecule has 0 heterocycles. The van der Waals surface area contributed by atoms with Gasteiger partial charge >= 0.3 is 0 Å². The number of nitrogens with two attached hydrogens (primary N) is 1. The van der Waals surface area contributed by atoms with Gasteiger partial charge in [-0.2, -0.15) is 0 Å². The fourth-order valence-electron chi connectivity index (χ4n) is 3.76. The highest BCUT2D eigenvalue weighted by Crippen LogP contribution is 2.39. The molecule has 0 aliphatic carbocycles. The topological polar surface area (TPSA) is 46.3 Å². The van der Waals surface area contributed by atoms with E-state index >= 15 is 0 Å². The van der Waals surface area contributed by atoms with E-state index in [0.29, 0.717) is 0 Å². The van der Waals surface area contributed by atoms with Gasteiger partial charge in [-0.15, -0.1) is 0 Å². The maximum atomic E-state index is 12.7. The molecule has 3 nitrogen and oxygen atoms in total. The van der Waals surface area contributed by atoms with Crippen LogP contribution in [0, 0.1) is 5.92 Å². The van der Waals surface area contributed by atoms with E-state index in [4.69, 9.17) is 5.73 Å². The molecule has 1 amide bonds. The number of hydrogen-bond acceptors (Lipinski definition) is 2. The highest BCUT2D eigenvalue weighted by Gasteiger charge is 2.42. The molecule has 1 atom stereocenters. The van der Waals surface area contributed by atoms with Crippen LogP contribution in [0.1, 0.15) is 39.7 Å². The zero-order chi connectivity index (χ0) is 17.7. The van der Waals surface area contributed by atoms with Gasteiger partial charge in [0.05, 0.1) is 5.41 Å². The Bertz CT molecular complexity index is 686. The van der Waals surface area contributed by atoms with Crippen molar-refractivity contribution in [2.75, 3.05) is 19.6 Å². The maximum Gasteiger partial charge on any atom is 0.228 e. The fraction of sp³-hybridized carbons (Fsp3) is 0.476. The first-order chi connectivity index (χ1) is 11.5. The summed E-state index contributed by atoms with van der Waals surface area (Å²) >= 11 is 0. The number of carbonyl (C=O) groups is 1. The van der Waals surface area contributed by atoms with Gasteiger partial charge in [0.25, 0.3) is 0 Å². The Balaban J connectivity index is 2.58. The van der Waals surface area contributed by atoms with Crippen LogP contribution in [0.4, 0.5) is 0 Å². The Hall–Kier alpha value is -1.87. The maximum absolute atomic E-state index is 12.7. The van der Waals surface area contributed by atoms with E-state index < -0.39 is 5.41 Å². The fourth-order valence-corrected chi connectivity index (χ4v) is 3.76. The van der Waals surface area contributed by atoms with Crippen LogP contribution in [0.25, 0.3) is 10.8 Å². The van der Waals surface area contributed by atoms with Crippen molar-refractivity contribution in [3.05, 3.63) is 48.0 Å². The van der Waals surface area contributed by atoms with Gasteiger partial charge in [-0.3, -0.25) is 4.79 Å². The lowest BCUT2D eigenvalue weighted by Gasteiger charge is -2.37. The standard InChI is InChI=1S/C21H30N2O/c1-5-23(6-2)15-14-21(16(3)4,20(22)24)19-13-9-11-17-10-7-8-12-18(17)19/h7-13,16H,5-6,14-15H2,1-4H3,(H2,22,24). The van der Waals surface area contributed by atoms with E-state index in [2.05, 4.69) is 56.9 Å². The molecule has 0 radical (unpaired) electrons. The van der Waals surface area contributed by atoms with Crippen molar-refractivity contribution in [1.82, 2.24) is 4.90 Å². The van der Waals surface area contributed by atoms with Crippen molar-refractivity contribution >= 4 is 16.7 Å². The Morgan fingerprint density at radius 3 is 2.29 bits per heavy atom. The molecule has 1 unspecified atom stereocenters. The molecule has 0 bridgehead atoms. The van der Waals surface area contributed by atoms with E-state index in [1.807, 2.05) is 18.2 Å². The van der Waals surface area contributed by atoms with Crippen LogP contribution in [0.5, 0.6) is 0 Å². The first kappa shape index (κ1) is 18.5. The molecule has 24 heavy (non-hydrogen) atoms. The monoisotopic (exact) mass is 326 g/mol. The van der Waals surface area contributed by atoms with E-state index in [9.17, 15) is 4.79 Å². The predicted octanol–water partition coefficient (Wildman–Crippen LogP) is 3.95. The molecule has 0 spiro atoms. The third-order valence-electron chi connectivity index (χ3n) is 5.41. The van der Waals surface area contributed by atoms with Gasteiger partial charge in [-0.1, -0.05) is 70.2 Å². The molecule has 3 heteroatoms. The number of amides is 1. The van der Waals surface area contributed by atoms with Crippen molar-refractivity contribution in [3.63, 3.8) is 0 Å². The van der Waals surface area contributed by atoms with Gasteiger partial charge in [0.1, 0.15) is 0 Å². The third-order valence-corrected chi connectivity index (χ3v) is 5.41. The molecule has 0 fully saturated rings. The first-order valence-corrected chi connectivity index (χ1v) is 8.97. The summed E-state index contributed by atoms with van der Waals surface area (Å²) in [6.07, 6.45) is 0.746. The van der Waals surface area contributed by atoms with Crippen molar-refractivity contribution in [1.29, 1.82) is 0 Å². The Kier molecular flexibility index (Phi) is 6.00. The second-order valence-corrected chi connectivity index (χ2v) is 6.79. The molecule has 0 aromatic heterocycles. The van der Waals surface area contributed by atoms with Gasteiger partial charge in [0.2, 0.25) is 5.91 Å². The summed E-state index contributed by atoms with van der Waals surface area (Å²) in [5, 5.41) is 2.29. The normalized spacial score (nSPS) is 14.2. The second kappa shape index (κ2) is 7.80. The van der Waals surface area contributed by atoms with Crippen LogP contribution in [-0.4, -0.2) is 30.4 Å². The van der Waals surface area contributed by atoms with Gasteiger partial charge in [-0.25, -0.2) is 0 Å². The Morgan fingerprint density at radius 1 is 1.08 bits per heavy atom. The minimum Gasteiger partial charge on any atom is -0.369 e. The lowest BCUT2D eigenvalue weighted by atomic mass is 9.67. The number of rotatable bonds is 8. The van der Waals surface area contributed by atoms with Crippen LogP contribution >= 0.6 is 0 Å². The highest BCUT2D eigenvalue weighted by molar-refractivity contribution is 5.95. The van der Waals surface area contributed by atoms with E-state index in [1.54, 1.807) is 0 Å². The predicted molar refractivity (Wildman–Crippen MR) is 102 cm³/mol. The van der Waals surface area contributed by atoms with Gasteiger partial charge < -0.3 is 10.6 Å². The highest BCUT2D eigenvalue weighted by atomic mass is 16.1. The van der Waals surface area contributed by atoms with Crippen LogP contribution in [0.2, 0.25) is 0 Å². The zero-order valence-corrected chi connectivity index (χ0v) is 15.4. The van der Waals surface area contributed by atoms with Crippen molar-refractivity contribution < 1.29 is 4.79 Å². The van der Waals surface area contributed by atoms with Gasteiger partial charge in [-0.05, 0) is 48.3 Å². The van der Waals surface area contributed by atoms with Crippen LogP contribution < -0.4 is 5.73 Å². The lowest BCUT2D eigenvalue weighted by molar-refractivity contribution is -0.125. The molecular weight excluding hydrogens is 296 g/mol. The number of fused-ring (bicyclic) bond motifs is 1. The van der Waals surface area contributed by atoms with E-state index in [1.165, 1.54) is 0 Å². The molecule has 0 aliphatic rings. The molecule has 2 N–H and O–H groups in total. The number of carbonyl (C=O) groups excluding carboxylic acids is 1. The molecule has 0 saturated heterocycles. The van der Waals surface area contributed by atoms with E-state index in [-0.39, 0.29) is 11.8 Å². The summed E-state index contributed by atoms with van der Waals surface area (Å²) in [5.41, 5.74) is 6.42. The lowest BCUT2D eigenvalue weighted by Crippen LogP contribution is -2.48. The summed E-state index contributed by atoms with van der Waals surface area (Å²) in [6.45, 7) is 11.4.